The summed E-state index contributed by atoms with van der Waals surface area (Å²) in [7, 11) is 0. The molecule has 2 rings (SSSR count). The number of carbonyl (C=O) groups excluding carboxylic acids is 1. The highest BCUT2D eigenvalue weighted by Crippen LogP contribution is 2.37. The van der Waals surface area contributed by atoms with Gasteiger partial charge in [-0.15, -0.1) is 11.3 Å². The summed E-state index contributed by atoms with van der Waals surface area (Å²) in [6, 6.07) is 3.55. The lowest BCUT2D eigenvalue weighted by Crippen LogP contribution is -2.02. The van der Waals surface area contributed by atoms with Crippen molar-refractivity contribution in [2.24, 2.45) is 0 Å². The Kier molecular flexibility index (Phi) is 3.39. The van der Waals surface area contributed by atoms with Gasteiger partial charge in [0.2, 0.25) is 0 Å². The molecule has 0 fully saturated rings. The van der Waals surface area contributed by atoms with E-state index in [-0.39, 0.29) is 10.6 Å². The number of thiophene rings is 1. The van der Waals surface area contributed by atoms with Crippen LogP contribution in [-0.2, 0) is 4.74 Å². The molecular weight excluding hydrogens is 238 g/mol. The molecule has 0 atom stereocenters. The van der Waals surface area contributed by atoms with Crippen molar-refractivity contribution in [3.63, 3.8) is 0 Å². The third kappa shape index (κ3) is 2.29. The van der Waals surface area contributed by atoms with Gasteiger partial charge in [0.1, 0.15) is 5.75 Å². The monoisotopic (exact) mass is 249 g/mol. The maximum absolute atomic E-state index is 11.5. The third-order valence-corrected chi connectivity index (χ3v) is 3.17. The lowest BCUT2D eigenvalue weighted by Gasteiger charge is -2.01. The topological polar surface area (TPSA) is 59.4 Å². The van der Waals surface area contributed by atoms with Crippen molar-refractivity contribution in [1.29, 1.82) is 0 Å². The molecule has 0 unspecified atom stereocenters. The average molecular weight is 249 g/mol. The third-order valence-electron chi connectivity index (χ3n) is 2.22. The van der Waals surface area contributed by atoms with Crippen LogP contribution in [0.3, 0.4) is 0 Å². The number of carbonyl (C=O) groups is 1. The predicted octanol–water partition coefficient (Wildman–Crippen LogP) is 2.69. The smallest absolute Gasteiger partial charge is 0.352 e. The van der Waals surface area contributed by atoms with Crippen LogP contribution in [0.4, 0.5) is 0 Å². The molecule has 5 heteroatoms. The van der Waals surface area contributed by atoms with Gasteiger partial charge in [-0.3, -0.25) is 4.98 Å². The number of aromatic nitrogens is 1. The van der Waals surface area contributed by atoms with Crippen molar-refractivity contribution in [3.8, 4) is 16.9 Å². The highest BCUT2D eigenvalue weighted by Gasteiger charge is 2.19. The molecule has 0 aromatic carbocycles. The molecule has 2 aromatic heterocycles. The number of esters is 1. The minimum atomic E-state index is -0.490. The van der Waals surface area contributed by atoms with E-state index in [0.29, 0.717) is 12.2 Å². The Balaban J connectivity index is 2.37. The quantitative estimate of drug-likeness (QED) is 0.850. The van der Waals surface area contributed by atoms with Crippen molar-refractivity contribution in [2.45, 2.75) is 6.92 Å². The van der Waals surface area contributed by atoms with Gasteiger partial charge < -0.3 is 9.84 Å². The SMILES string of the molecule is CCOC(=O)c1scc(-c2ccncc2)c1O. The van der Waals surface area contributed by atoms with Gasteiger partial charge in [0.05, 0.1) is 6.61 Å². The molecule has 0 aliphatic carbocycles. The number of rotatable bonds is 3. The molecule has 2 heterocycles. The second-order valence-corrected chi connectivity index (χ2v) is 4.16. The van der Waals surface area contributed by atoms with Crippen molar-refractivity contribution in [2.75, 3.05) is 6.61 Å². The fraction of sp³-hybridized carbons (Fsp3) is 0.167. The summed E-state index contributed by atoms with van der Waals surface area (Å²) in [4.78, 5) is 15.7. The Morgan fingerprint density at radius 3 is 2.82 bits per heavy atom. The highest BCUT2D eigenvalue weighted by molar-refractivity contribution is 7.12. The number of hydrogen-bond acceptors (Lipinski definition) is 5. The molecule has 4 nitrogen and oxygen atoms in total. The molecule has 88 valence electrons. The molecular formula is C12H11NO3S. The van der Waals surface area contributed by atoms with Crippen LogP contribution >= 0.6 is 11.3 Å². The molecule has 0 aliphatic heterocycles. The second kappa shape index (κ2) is 4.97. The van der Waals surface area contributed by atoms with Crippen LogP contribution in [-0.4, -0.2) is 22.7 Å². The van der Waals surface area contributed by atoms with Gasteiger partial charge in [0, 0.05) is 23.3 Å². The zero-order valence-corrected chi connectivity index (χ0v) is 10.0. The molecule has 0 radical (unpaired) electrons. The van der Waals surface area contributed by atoms with Crippen LogP contribution in [0.15, 0.2) is 29.9 Å². The zero-order chi connectivity index (χ0) is 12.3. The maximum Gasteiger partial charge on any atom is 0.352 e. The Hall–Kier alpha value is -1.88. The molecule has 2 aromatic rings. The zero-order valence-electron chi connectivity index (χ0n) is 9.21. The van der Waals surface area contributed by atoms with E-state index in [9.17, 15) is 9.90 Å². The summed E-state index contributed by atoms with van der Waals surface area (Å²) in [6.07, 6.45) is 3.27. The Morgan fingerprint density at radius 1 is 1.47 bits per heavy atom. The van der Waals surface area contributed by atoms with Crippen molar-refractivity contribution < 1.29 is 14.6 Å². The van der Waals surface area contributed by atoms with Gasteiger partial charge in [-0.25, -0.2) is 4.79 Å². The van der Waals surface area contributed by atoms with Crippen molar-refractivity contribution in [3.05, 3.63) is 34.8 Å². The largest absolute Gasteiger partial charge is 0.505 e. The van der Waals surface area contributed by atoms with Gasteiger partial charge in [-0.1, -0.05) is 0 Å². The normalized spacial score (nSPS) is 10.2. The predicted molar refractivity (Wildman–Crippen MR) is 65.2 cm³/mol. The van der Waals surface area contributed by atoms with Gasteiger partial charge in [-0.2, -0.15) is 0 Å². The molecule has 0 aliphatic rings. The lowest BCUT2D eigenvalue weighted by atomic mass is 10.1. The summed E-state index contributed by atoms with van der Waals surface area (Å²) in [5, 5.41) is 11.7. The Labute approximate surface area is 103 Å². The van der Waals surface area contributed by atoms with Crippen LogP contribution in [0, 0.1) is 0 Å². The standard InChI is InChI=1S/C12H11NO3S/c1-2-16-12(15)11-10(14)9(7-17-11)8-3-5-13-6-4-8/h3-7,14H,2H2,1H3. The molecule has 0 bridgehead atoms. The van der Waals surface area contributed by atoms with Crippen LogP contribution in [0.5, 0.6) is 5.75 Å². The molecule has 0 spiro atoms. The fourth-order valence-corrected chi connectivity index (χ4v) is 2.29. The second-order valence-electron chi connectivity index (χ2n) is 3.28. The van der Waals surface area contributed by atoms with E-state index >= 15 is 0 Å². The Bertz CT molecular complexity index is 522. The number of hydrogen-bond donors (Lipinski definition) is 1. The minimum Gasteiger partial charge on any atom is -0.505 e. The Morgan fingerprint density at radius 2 is 2.18 bits per heavy atom. The van der Waals surface area contributed by atoms with Crippen molar-refractivity contribution in [1.82, 2.24) is 4.98 Å². The molecule has 17 heavy (non-hydrogen) atoms. The first-order valence-electron chi connectivity index (χ1n) is 5.12. The summed E-state index contributed by atoms with van der Waals surface area (Å²) in [5.74, 6) is -0.519. The number of aromatic hydroxyl groups is 1. The summed E-state index contributed by atoms with van der Waals surface area (Å²) in [6.45, 7) is 2.02. The van der Waals surface area contributed by atoms with E-state index in [1.165, 1.54) is 11.3 Å². The molecule has 0 saturated carbocycles. The van der Waals surface area contributed by atoms with E-state index in [0.717, 1.165) is 5.56 Å². The average Bonchev–Trinajstić information content (AvgIpc) is 2.72. The van der Waals surface area contributed by atoms with Crippen LogP contribution in [0.1, 0.15) is 16.6 Å². The van der Waals surface area contributed by atoms with Gasteiger partial charge >= 0.3 is 5.97 Å². The summed E-state index contributed by atoms with van der Waals surface area (Å²) in [5.41, 5.74) is 1.45. The fourth-order valence-electron chi connectivity index (χ4n) is 1.43. The van der Waals surface area contributed by atoms with E-state index in [4.69, 9.17) is 4.74 Å². The number of nitrogens with zero attached hydrogens (tertiary/aromatic N) is 1. The lowest BCUT2D eigenvalue weighted by molar-refractivity contribution is 0.0529. The van der Waals surface area contributed by atoms with E-state index in [1.807, 2.05) is 0 Å². The van der Waals surface area contributed by atoms with Gasteiger partial charge in [0.25, 0.3) is 0 Å². The van der Waals surface area contributed by atoms with Gasteiger partial charge in [0.15, 0.2) is 4.88 Å². The van der Waals surface area contributed by atoms with E-state index in [1.54, 1.807) is 36.8 Å². The van der Waals surface area contributed by atoms with Gasteiger partial charge in [-0.05, 0) is 24.6 Å². The molecule has 0 saturated heterocycles. The maximum atomic E-state index is 11.5. The first-order chi connectivity index (χ1) is 8.24. The summed E-state index contributed by atoms with van der Waals surface area (Å²) < 4.78 is 4.86. The highest BCUT2D eigenvalue weighted by atomic mass is 32.1. The van der Waals surface area contributed by atoms with Crippen molar-refractivity contribution >= 4 is 17.3 Å². The van der Waals surface area contributed by atoms with Crippen LogP contribution in [0.2, 0.25) is 0 Å². The number of ether oxygens (including phenoxy) is 1. The molecule has 0 amide bonds. The summed E-state index contributed by atoms with van der Waals surface area (Å²) >= 11 is 1.17. The first kappa shape index (κ1) is 11.6. The van der Waals surface area contributed by atoms with Crippen LogP contribution < -0.4 is 0 Å². The number of pyridine rings is 1. The van der Waals surface area contributed by atoms with E-state index < -0.39 is 5.97 Å². The first-order valence-corrected chi connectivity index (χ1v) is 6.00. The van der Waals surface area contributed by atoms with Crippen LogP contribution in [0.25, 0.3) is 11.1 Å². The van der Waals surface area contributed by atoms with E-state index in [2.05, 4.69) is 4.98 Å². The minimum absolute atomic E-state index is 0.0281. The molecule has 1 N–H and O–H groups in total.